The first-order valence-corrected chi connectivity index (χ1v) is 8.86. The van der Waals surface area contributed by atoms with Gasteiger partial charge in [-0.05, 0) is 67.3 Å². The maximum atomic E-state index is 12.3. The molecule has 2 aromatic carbocycles. The van der Waals surface area contributed by atoms with Crippen molar-refractivity contribution >= 4 is 23.2 Å². The molecule has 0 bridgehead atoms. The molecule has 0 aliphatic carbocycles. The van der Waals surface area contributed by atoms with Crippen LogP contribution >= 0.6 is 11.6 Å². The van der Waals surface area contributed by atoms with Gasteiger partial charge in [0.2, 0.25) is 0 Å². The van der Waals surface area contributed by atoms with Crippen molar-refractivity contribution < 1.29 is 4.79 Å². The molecule has 0 spiro atoms. The van der Waals surface area contributed by atoms with E-state index >= 15 is 0 Å². The summed E-state index contributed by atoms with van der Waals surface area (Å²) in [5.41, 5.74) is 2.67. The van der Waals surface area contributed by atoms with Crippen LogP contribution in [-0.2, 0) is 6.54 Å². The molecule has 24 heavy (non-hydrogen) atoms. The average molecular weight is 343 g/mol. The first-order valence-electron chi connectivity index (χ1n) is 8.48. The highest BCUT2D eigenvalue weighted by atomic mass is 35.5. The van der Waals surface area contributed by atoms with Crippen molar-refractivity contribution in [3.05, 3.63) is 64.7 Å². The van der Waals surface area contributed by atoms with E-state index < -0.39 is 0 Å². The van der Waals surface area contributed by atoms with Gasteiger partial charge in [-0.25, -0.2) is 0 Å². The lowest BCUT2D eigenvalue weighted by atomic mass is 9.99. The SMILES string of the molecule is C[C@H]1CCCN(Cc2ccc(C(=O)Nc3ccc(Cl)cc3)cc2)C1. The van der Waals surface area contributed by atoms with Crippen molar-refractivity contribution in [2.24, 2.45) is 5.92 Å². The highest BCUT2D eigenvalue weighted by Gasteiger charge is 2.16. The molecule has 3 rings (SSSR count). The maximum Gasteiger partial charge on any atom is 0.255 e. The van der Waals surface area contributed by atoms with Crippen molar-refractivity contribution in [3.8, 4) is 0 Å². The van der Waals surface area contributed by atoms with E-state index in [0.717, 1.165) is 18.2 Å². The molecule has 0 radical (unpaired) electrons. The summed E-state index contributed by atoms with van der Waals surface area (Å²) in [5, 5.41) is 3.54. The highest BCUT2D eigenvalue weighted by molar-refractivity contribution is 6.30. The van der Waals surface area contributed by atoms with Crippen LogP contribution in [0.15, 0.2) is 48.5 Å². The molecule has 1 amide bonds. The van der Waals surface area contributed by atoms with E-state index in [-0.39, 0.29) is 5.91 Å². The number of halogens is 1. The molecule has 1 heterocycles. The number of piperidine rings is 1. The average Bonchev–Trinajstić information content (AvgIpc) is 2.57. The second-order valence-electron chi connectivity index (χ2n) is 6.64. The Morgan fingerprint density at radius 1 is 1.17 bits per heavy atom. The Morgan fingerprint density at radius 3 is 2.54 bits per heavy atom. The van der Waals surface area contributed by atoms with Gasteiger partial charge in [-0.1, -0.05) is 30.7 Å². The maximum absolute atomic E-state index is 12.3. The van der Waals surface area contributed by atoms with E-state index in [2.05, 4.69) is 29.3 Å². The van der Waals surface area contributed by atoms with Gasteiger partial charge in [-0.15, -0.1) is 0 Å². The minimum absolute atomic E-state index is 0.101. The van der Waals surface area contributed by atoms with Gasteiger partial charge in [0.15, 0.2) is 0 Å². The number of rotatable bonds is 4. The number of hydrogen-bond donors (Lipinski definition) is 1. The van der Waals surface area contributed by atoms with Crippen LogP contribution in [0.4, 0.5) is 5.69 Å². The van der Waals surface area contributed by atoms with Crippen LogP contribution in [0.1, 0.15) is 35.7 Å². The van der Waals surface area contributed by atoms with Gasteiger partial charge in [0.05, 0.1) is 0 Å². The van der Waals surface area contributed by atoms with Gasteiger partial charge in [0, 0.05) is 29.4 Å². The summed E-state index contributed by atoms with van der Waals surface area (Å²) in [4.78, 5) is 14.8. The van der Waals surface area contributed by atoms with Gasteiger partial charge >= 0.3 is 0 Å². The van der Waals surface area contributed by atoms with Crippen LogP contribution in [0.3, 0.4) is 0 Å². The van der Waals surface area contributed by atoms with Crippen LogP contribution in [-0.4, -0.2) is 23.9 Å². The molecule has 0 aromatic heterocycles. The first-order chi connectivity index (χ1) is 11.6. The standard InChI is InChI=1S/C20H23ClN2O/c1-15-3-2-12-23(13-15)14-16-4-6-17(7-5-16)20(24)22-19-10-8-18(21)9-11-19/h4-11,15H,2-3,12-14H2,1H3,(H,22,24)/t15-/m0/s1. The normalized spacial score (nSPS) is 18.3. The van der Waals surface area contributed by atoms with Crippen molar-refractivity contribution in [1.82, 2.24) is 4.90 Å². The number of carbonyl (C=O) groups excluding carboxylic acids is 1. The Labute approximate surface area is 148 Å². The van der Waals surface area contributed by atoms with E-state index in [4.69, 9.17) is 11.6 Å². The van der Waals surface area contributed by atoms with E-state index in [1.165, 1.54) is 31.5 Å². The topological polar surface area (TPSA) is 32.3 Å². The first kappa shape index (κ1) is 17.0. The van der Waals surface area contributed by atoms with Crippen molar-refractivity contribution in [1.29, 1.82) is 0 Å². The van der Waals surface area contributed by atoms with Crippen molar-refractivity contribution in [3.63, 3.8) is 0 Å². The van der Waals surface area contributed by atoms with Crippen molar-refractivity contribution in [2.45, 2.75) is 26.3 Å². The number of nitrogens with zero attached hydrogens (tertiary/aromatic N) is 1. The zero-order valence-electron chi connectivity index (χ0n) is 14.0. The fourth-order valence-electron chi connectivity index (χ4n) is 3.19. The largest absolute Gasteiger partial charge is 0.322 e. The van der Waals surface area contributed by atoms with Crippen LogP contribution < -0.4 is 5.32 Å². The van der Waals surface area contributed by atoms with E-state index in [9.17, 15) is 4.79 Å². The van der Waals surface area contributed by atoms with E-state index in [1.54, 1.807) is 24.3 Å². The lowest BCUT2D eigenvalue weighted by Gasteiger charge is -2.30. The summed E-state index contributed by atoms with van der Waals surface area (Å²) >= 11 is 5.85. The van der Waals surface area contributed by atoms with Crippen LogP contribution in [0.5, 0.6) is 0 Å². The smallest absolute Gasteiger partial charge is 0.255 e. The molecule has 4 heteroatoms. The molecule has 1 atom stereocenters. The van der Waals surface area contributed by atoms with Gasteiger partial charge in [0.25, 0.3) is 5.91 Å². The molecule has 1 aliphatic rings. The second-order valence-corrected chi connectivity index (χ2v) is 7.08. The molecule has 2 aromatic rings. The molecule has 1 aliphatic heterocycles. The summed E-state index contributed by atoms with van der Waals surface area (Å²) in [5.74, 6) is 0.679. The van der Waals surface area contributed by atoms with Crippen molar-refractivity contribution in [2.75, 3.05) is 18.4 Å². The van der Waals surface area contributed by atoms with Crippen LogP contribution in [0.25, 0.3) is 0 Å². The molecular weight excluding hydrogens is 320 g/mol. The predicted molar refractivity (Wildman–Crippen MR) is 99.5 cm³/mol. The lowest BCUT2D eigenvalue weighted by Crippen LogP contribution is -2.33. The molecular formula is C20H23ClN2O. The summed E-state index contributed by atoms with van der Waals surface area (Å²) in [7, 11) is 0. The molecule has 0 unspecified atom stereocenters. The molecule has 1 N–H and O–H groups in total. The zero-order valence-corrected chi connectivity index (χ0v) is 14.7. The number of benzene rings is 2. The number of anilines is 1. The number of nitrogens with one attached hydrogen (secondary N) is 1. The Kier molecular flexibility index (Phi) is 5.54. The van der Waals surface area contributed by atoms with E-state index in [0.29, 0.717) is 10.6 Å². The Balaban J connectivity index is 1.59. The van der Waals surface area contributed by atoms with Gasteiger partial charge in [0.1, 0.15) is 0 Å². The third-order valence-corrected chi connectivity index (χ3v) is 4.72. The zero-order chi connectivity index (χ0) is 16.9. The number of carbonyl (C=O) groups is 1. The molecule has 3 nitrogen and oxygen atoms in total. The fraction of sp³-hybridized carbons (Fsp3) is 0.350. The number of amides is 1. The summed E-state index contributed by atoms with van der Waals surface area (Å²) in [6.45, 7) is 5.61. The summed E-state index contributed by atoms with van der Waals surface area (Å²) in [6, 6.07) is 15.0. The Hall–Kier alpha value is -1.84. The van der Waals surface area contributed by atoms with Gasteiger partial charge in [-0.2, -0.15) is 0 Å². The monoisotopic (exact) mass is 342 g/mol. The second kappa shape index (κ2) is 7.82. The Morgan fingerprint density at radius 2 is 1.88 bits per heavy atom. The van der Waals surface area contributed by atoms with Crippen LogP contribution in [0.2, 0.25) is 5.02 Å². The molecule has 1 fully saturated rings. The lowest BCUT2D eigenvalue weighted by molar-refractivity contribution is 0.102. The molecule has 0 saturated carbocycles. The predicted octanol–water partition coefficient (Wildman–Crippen LogP) is 4.82. The molecule has 126 valence electrons. The van der Waals surface area contributed by atoms with E-state index in [1.807, 2.05) is 12.1 Å². The number of likely N-dealkylation sites (tertiary alicyclic amines) is 1. The molecule has 1 saturated heterocycles. The summed E-state index contributed by atoms with van der Waals surface area (Å²) < 4.78 is 0. The van der Waals surface area contributed by atoms with Crippen LogP contribution in [0, 0.1) is 5.92 Å². The summed E-state index contributed by atoms with van der Waals surface area (Å²) in [6.07, 6.45) is 2.61. The Bertz CT molecular complexity index is 682. The third-order valence-electron chi connectivity index (χ3n) is 4.47. The highest BCUT2D eigenvalue weighted by Crippen LogP contribution is 2.19. The van der Waals surface area contributed by atoms with Gasteiger partial charge in [-0.3, -0.25) is 9.69 Å². The quantitative estimate of drug-likeness (QED) is 0.863. The number of hydrogen-bond acceptors (Lipinski definition) is 2. The van der Waals surface area contributed by atoms with Gasteiger partial charge < -0.3 is 5.32 Å². The minimum Gasteiger partial charge on any atom is -0.322 e. The fourth-order valence-corrected chi connectivity index (χ4v) is 3.31. The third kappa shape index (κ3) is 4.59. The minimum atomic E-state index is -0.101.